The van der Waals surface area contributed by atoms with Crippen molar-refractivity contribution in [1.29, 1.82) is 0 Å². The van der Waals surface area contributed by atoms with E-state index in [9.17, 15) is 4.79 Å². The first kappa shape index (κ1) is 19.6. The molecule has 3 aliphatic rings. The van der Waals surface area contributed by atoms with E-state index in [4.69, 9.17) is 4.74 Å². The minimum absolute atomic E-state index is 0.0911. The van der Waals surface area contributed by atoms with Crippen LogP contribution in [-0.2, 0) is 19.4 Å². The number of nitrogens with one attached hydrogen (secondary N) is 1. The maximum atomic E-state index is 13.0. The molecule has 1 unspecified atom stereocenters. The minimum Gasteiger partial charge on any atom is -0.493 e. The van der Waals surface area contributed by atoms with Gasteiger partial charge in [0.1, 0.15) is 5.75 Å². The average molecular weight is 405 g/mol. The van der Waals surface area contributed by atoms with Gasteiger partial charge in [0, 0.05) is 31.2 Å². The summed E-state index contributed by atoms with van der Waals surface area (Å²) >= 11 is 0. The van der Waals surface area contributed by atoms with Crippen molar-refractivity contribution in [3.8, 4) is 5.75 Å². The van der Waals surface area contributed by atoms with Crippen LogP contribution < -0.4 is 10.1 Å². The number of ether oxygens (including phenoxy) is 1. The molecule has 0 aromatic heterocycles. The topological polar surface area (TPSA) is 41.6 Å². The van der Waals surface area contributed by atoms with Gasteiger partial charge in [-0.15, -0.1) is 0 Å². The van der Waals surface area contributed by atoms with Gasteiger partial charge in [0.05, 0.1) is 6.61 Å². The fraction of sp³-hybridized carbons (Fsp3) is 0.500. The molecule has 1 atom stereocenters. The molecule has 0 radical (unpaired) electrons. The molecule has 2 aromatic carbocycles. The van der Waals surface area contributed by atoms with Crippen LogP contribution in [0.25, 0.3) is 0 Å². The number of hydrogen-bond acceptors (Lipinski definition) is 3. The lowest BCUT2D eigenvalue weighted by Crippen LogP contribution is -2.37. The first-order chi connectivity index (χ1) is 14.7. The van der Waals surface area contributed by atoms with Gasteiger partial charge in [-0.25, -0.2) is 0 Å². The Morgan fingerprint density at radius 2 is 1.80 bits per heavy atom. The molecule has 1 amide bonds. The van der Waals surface area contributed by atoms with Crippen LogP contribution in [0.2, 0.25) is 0 Å². The third kappa shape index (κ3) is 4.39. The van der Waals surface area contributed by atoms with Crippen molar-refractivity contribution >= 4 is 5.91 Å². The van der Waals surface area contributed by atoms with E-state index in [0.717, 1.165) is 43.2 Å². The second-order valence-electron chi connectivity index (χ2n) is 9.37. The summed E-state index contributed by atoms with van der Waals surface area (Å²) in [5.41, 5.74) is 4.88. The van der Waals surface area contributed by atoms with Crippen LogP contribution in [0.1, 0.15) is 59.2 Å². The molecule has 1 N–H and O–H groups in total. The Morgan fingerprint density at radius 3 is 2.50 bits per heavy atom. The van der Waals surface area contributed by atoms with Crippen LogP contribution in [-0.4, -0.2) is 36.5 Å². The van der Waals surface area contributed by atoms with Crippen molar-refractivity contribution in [2.45, 2.75) is 63.6 Å². The highest BCUT2D eigenvalue weighted by atomic mass is 16.5. The predicted octanol–water partition coefficient (Wildman–Crippen LogP) is 4.36. The van der Waals surface area contributed by atoms with Gasteiger partial charge in [-0.2, -0.15) is 0 Å². The van der Waals surface area contributed by atoms with Crippen LogP contribution in [0.15, 0.2) is 42.5 Å². The second-order valence-corrected chi connectivity index (χ2v) is 9.37. The maximum absolute atomic E-state index is 13.0. The average Bonchev–Trinajstić information content (AvgIpc) is 3.47. The van der Waals surface area contributed by atoms with Crippen LogP contribution in [0.4, 0.5) is 0 Å². The lowest BCUT2D eigenvalue weighted by Gasteiger charge is -2.26. The van der Waals surface area contributed by atoms with Crippen molar-refractivity contribution < 1.29 is 9.53 Å². The van der Waals surface area contributed by atoms with Crippen LogP contribution >= 0.6 is 0 Å². The van der Waals surface area contributed by atoms with Gasteiger partial charge in [-0.3, -0.25) is 4.79 Å². The standard InChI is InChI=1S/C26H32N2O2/c1-28(26(29)20-9-11-25(12-10-20)30-17-18-5-6-18)24-14-21-8-7-19(13-22(21)15-24)16-27-23-3-2-4-23/h7-13,18,23-24,27H,2-6,14-17H2,1H3. The van der Waals surface area contributed by atoms with Gasteiger partial charge >= 0.3 is 0 Å². The molecule has 2 aromatic rings. The van der Waals surface area contributed by atoms with Crippen LogP contribution in [0, 0.1) is 5.92 Å². The third-order valence-corrected chi connectivity index (χ3v) is 7.03. The highest BCUT2D eigenvalue weighted by Crippen LogP contribution is 2.30. The zero-order valence-electron chi connectivity index (χ0n) is 17.9. The highest BCUT2D eigenvalue weighted by molar-refractivity contribution is 5.94. The van der Waals surface area contributed by atoms with E-state index in [2.05, 4.69) is 23.5 Å². The van der Waals surface area contributed by atoms with E-state index in [1.165, 1.54) is 48.8 Å². The van der Waals surface area contributed by atoms with E-state index < -0.39 is 0 Å². The number of rotatable bonds is 8. The van der Waals surface area contributed by atoms with Crippen molar-refractivity contribution in [2.75, 3.05) is 13.7 Å². The van der Waals surface area contributed by atoms with Crippen molar-refractivity contribution in [3.05, 3.63) is 64.7 Å². The summed E-state index contributed by atoms with van der Waals surface area (Å²) in [6, 6.07) is 15.4. The number of nitrogens with zero attached hydrogens (tertiary/aromatic N) is 1. The number of likely N-dealkylation sites (N-methyl/N-ethyl adjacent to an activating group) is 1. The van der Waals surface area contributed by atoms with E-state index in [-0.39, 0.29) is 11.9 Å². The van der Waals surface area contributed by atoms with Gasteiger partial charge in [-0.05, 0) is 85.4 Å². The van der Waals surface area contributed by atoms with Gasteiger partial charge in [-0.1, -0.05) is 24.6 Å². The first-order valence-electron chi connectivity index (χ1n) is 11.5. The van der Waals surface area contributed by atoms with Crippen molar-refractivity contribution in [2.24, 2.45) is 5.92 Å². The first-order valence-corrected chi connectivity index (χ1v) is 11.5. The number of hydrogen-bond donors (Lipinski definition) is 1. The Morgan fingerprint density at radius 1 is 1.03 bits per heavy atom. The highest BCUT2D eigenvalue weighted by Gasteiger charge is 2.28. The molecular formula is C26H32N2O2. The number of carbonyl (C=O) groups excluding carboxylic acids is 1. The SMILES string of the molecule is CN(C(=O)c1ccc(OCC2CC2)cc1)C1Cc2ccc(CNC3CCC3)cc2C1. The summed E-state index contributed by atoms with van der Waals surface area (Å²) in [6.45, 7) is 1.75. The lowest BCUT2D eigenvalue weighted by atomic mass is 9.93. The van der Waals surface area contributed by atoms with E-state index in [0.29, 0.717) is 6.04 Å². The third-order valence-electron chi connectivity index (χ3n) is 7.03. The molecule has 0 heterocycles. The minimum atomic E-state index is 0.0911. The summed E-state index contributed by atoms with van der Waals surface area (Å²) in [4.78, 5) is 15.0. The van der Waals surface area contributed by atoms with E-state index in [1.54, 1.807) is 0 Å². The summed E-state index contributed by atoms with van der Waals surface area (Å²) in [6.07, 6.45) is 8.43. The van der Waals surface area contributed by atoms with Crippen LogP contribution in [0.5, 0.6) is 5.75 Å². The molecule has 4 nitrogen and oxygen atoms in total. The quantitative estimate of drug-likeness (QED) is 0.711. The Balaban J connectivity index is 1.17. The number of fused-ring (bicyclic) bond motifs is 1. The summed E-state index contributed by atoms with van der Waals surface area (Å²) in [5.74, 6) is 1.68. The van der Waals surface area contributed by atoms with Gasteiger partial charge in [0.2, 0.25) is 0 Å². The Kier molecular flexibility index (Phi) is 5.51. The molecule has 2 fully saturated rings. The molecule has 0 spiro atoms. The number of amides is 1. The molecule has 4 heteroatoms. The fourth-order valence-corrected chi connectivity index (χ4v) is 4.47. The molecular weight excluding hydrogens is 372 g/mol. The Labute approximate surface area is 179 Å². The molecule has 158 valence electrons. The maximum Gasteiger partial charge on any atom is 0.253 e. The number of benzene rings is 2. The second kappa shape index (κ2) is 8.43. The van der Waals surface area contributed by atoms with Gasteiger partial charge < -0.3 is 15.0 Å². The smallest absolute Gasteiger partial charge is 0.253 e. The molecule has 0 saturated heterocycles. The Hall–Kier alpha value is -2.33. The normalized spacial score (nSPS) is 20.5. The zero-order chi connectivity index (χ0) is 20.5. The predicted molar refractivity (Wildman–Crippen MR) is 119 cm³/mol. The zero-order valence-corrected chi connectivity index (χ0v) is 17.9. The molecule has 0 bridgehead atoms. The summed E-state index contributed by atoms with van der Waals surface area (Å²) in [5, 5.41) is 3.65. The molecule has 2 saturated carbocycles. The van der Waals surface area contributed by atoms with Gasteiger partial charge in [0.15, 0.2) is 0 Å². The van der Waals surface area contributed by atoms with Gasteiger partial charge in [0.25, 0.3) is 5.91 Å². The summed E-state index contributed by atoms with van der Waals surface area (Å²) in [7, 11) is 1.94. The van der Waals surface area contributed by atoms with Crippen molar-refractivity contribution in [3.63, 3.8) is 0 Å². The monoisotopic (exact) mass is 404 g/mol. The summed E-state index contributed by atoms with van der Waals surface area (Å²) < 4.78 is 5.79. The van der Waals surface area contributed by atoms with Crippen LogP contribution in [0.3, 0.4) is 0 Å². The van der Waals surface area contributed by atoms with Crippen molar-refractivity contribution in [1.82, 2.24) is 10.2 Å². The molecule has 0 aliphatic heterocycles. The largest absolute Gasteiger partial charge is 0.493 e. The number of carbonyl (C=O) groups is 1. The van der Waals surface area contributed by atoms with E-state index >= 15 is 0 Å². The lowest BCUT2D eigenvalue weighted by molar-refractivity contribution is 0.0737. The molecule has 3 aliphatic carbocycles. The Bertz CT molecular complexity index is 900. The molecule has 5 rings (SSSR count). The van der Waals surface area contributed by atoms with E-state index in [1.807, 2.05) is 36.2 Å². The fourth-order valence-electron chi connectivity index (χ4n) is 4.47. The molecule has 30 heavy (non-hydrogen) atoms.